The lowest BCUT2D eigenvalue weighted by Gasteiger charge is -2.36. The summed E-state index contributed by atoms with van der Waals surface area (Å²) >= 11 is 0. The predicted octanol–water partition coefficient (Wildman–Crippen LogP) is 2.12. The highest BCUT2D eigenvalue weighted by atomic mass is 19.1. The molecule has 1 aromatic rings. The van der Waals surface area contributed by atoms with E-state index < -0.39 is 5.54 Å². The minimum Gasteiger partial charge on any atom is -0.366 e. The first-order valence-corrected chi connectivity index (χ1v) is 10.4. The minimum atomic E-state index is -0.690. The molecule has 0 aromatic heterocycles. The van der Waals surface area contributed by atoms with Crippen molar-refractivity contribution >= 4 is 23.5 Å². The number of carbonyl (C=O) groups is 3. The quantitative estimate of drug-likeness (QED) is 0.766. The van der Waals surface area contributed by atoms with E-state index in [1.54, 1.807) is 23.1 Å². The van der Waals surface area contributed by atoms with Gasteiger partial charge in [0.25, 0.3) is 5.91 Å². The fraction of sp³-hybridized carbons (Fsp3) is 0.571. The van der Waals surface area contributed by atoms with E-state index in [2.05, 4.69) is 5.32 Å². The SMILES string of the molecule is O=C(CCCN1C(=O)NC2(CCCC2)C1=O)N1CCN(c2ccccc2F)CC1. The van der Waals surface area contributed by atoms with Crippen LogP contribution in [0.25, 0.3) is 0 Å². The highest BCUT2D eigenvalue weighted by molar-refractivity contribution is 6.07. The third-order valence-corrected chi connectivity index (χ3v) is 6.30. The Morgan fingerprint density at radius 1 is 1.07 bits per heavy atom. The summed E-state index contributed by atoms with van der Waals surface area (Å²) in [6.45, 7) is 2.52. The first-order chi connectivity index (χ1) is 14.0. The molecule has 1 aromatic carbocycles. The van der Waals surface area contributed by atoms with Gasteiger partial charge < -0.3 is 15.1 Å². The Bertz CT molecular complexity index is 801. The van der Waals surface area contributed by atoms with Crippen molar-refractivity contribution in [1.29, 1.82) is 0 Å². The molecule has 0 radical (unpaired) electrons. The van der Waals surface area contributed by atoms with Crippen molar-refractivity contribution in [3.8, 4) is 0 Å². The molecule has 4 amide bonds. The predicted molar refractivity (Wildman–Crippen MR) is 106 cm³/mol. The smallest absolute Gasteiger partial charge is 0.325 e. The number of piperazine rings is 1. The summed E-state index contributed by atoms with van der Waals surface area (Å²) in [4.78, 5) is 42.3. The van der Waals surface area contributed by atoms with Crippen LogP contribution in [0.4, 0.5) is 14.9 Å². The lowest BCUT2D eigenvalue weighted by molar-refractivity contribution is -0.133. The second-order valence-electron chi connectivity index (χ2n) is 8.10. The standard InChI is InChI=1S/C21H27FN4O3/c22-16-6-1-2-7-17(16)24-12-14-25(15-13-24)18(27)8-5-11-26-19(28)21(23-20(26)29)9-3-4-10-21/h1-2,6-7H,3-5,8-15H2,(H,23,29). The molecule has 1 saturated carbocycles. The van der Waals surface area contributed by atoms with Gasteiger partial charge in [-0.2, -0.15) is 0 Å². The molecule has 2 heterocycles. The Balaban J connectivity index is 1.23. The second kappa shape index (κ2) is 8.00. The van der Waals surface area contributed by atoms with Gasteiger partial charge in [0.15, 0.2) is 0 Å². The summed E-state index contributed by atoms with van der Waals surface area (Å²) in [5, 5.41) is 2.86. The Kier molecular flexibility index (Phi) is 5.43. The van der Waals surface area contributed by atoms with Gasteiger partial charge in [0.05, 0.1) is 5.69 Å². The monoisotopic (exact) mass is 402 g/mol. The van der Waals surface area contributed by atoms with E-state index >= 15 is 0 Å². The van der Waals surface area contributed by atoms with Crippen molar-refractivity contribution in [1.82, 2.24) is 15.1 Å². The Labute approximate surface area is 169 Å². The maximum atomic E-state index is 13.9. The van der Waals surface area contributed by atoms with Crippen molar-refractivity contribution < 1.29 is 18.8 Å². The van der Waals surface area contributed by atoms with E-state index in [1.165, 1.54) is 11.0 Å². The van der Waals surface area contributed by atoms with Crippen LogP contribution in [0, 0.1) is 5.82 Å². The molecular formula is C21H27FN4O3. The largest absolute Gasteiger partial charge is 0.366 e. The highest BCUT2D eigenvalue weighted by Gasteiger charge is 2.52. The number of halogens is 1. The number of rotatable bonds is 5. The number of para-hydroxylation sites is 1. The molecule has 3 aliphatic rings. The van der Waals surface area contributed by atoms with Gasteiger partial charge in [-0.15, -0.1) is 0 Å². The van der Waals surface area contributed by atoms with Gasteiger partial charge in [0.2, 0.25) is 5.91 Å². The first kappa shape index (κ1) is 19.7. The zero-order chi connectivity index (χ0) is 20.4. The van der Waals surface area contributed by atoms with Crippen LogP contribution < -0.4 is 10.2 Å². The molecule has 4 rings (SSSR count). The molecule has 2 aliphatic heterocycles. The zero-order valence-corrected chi connectivity index (χ0v) is 16.5. The van der Waals surface area contributed by atoms with Crippen molar-refractivity contribution in [3.05, 3.63) is 30.1 Å². The van der Waals surface area contributed by atoms with Crippen LogP contribution in [0.3, 0.4) is 0 Å². The fourth-order valence-electron chi connectivity index (χ4n) is 4.65. The number of hydrogen-bond donors (Lipinski definition) is 1. The van der Waals surface area contributed by atoms with E-state index in [0.717, 1.165) is 12.8 Å². The number of urea groups is 1. The lowest BCUT2D eigenvalue weighted by Crippen LogP contribution is -2.49. The van der Waals surface area contributed by atoms with Crippen LogP contribution in [0.5, 0.6) is 0 Å². The molecule has 0 unspecified atom stereocenters. The molecule has 8 heteroatoms. The van der Waals surface area contributed by atoms with E-state index in [-0.39, 0.29) is 30.2 Å². The molecule has 29 heavy (non-hydrogen) atoms. The number of hydrogen-bond acceptors (Lipinski definition) is 4. The molecular weight excluding hydrogens is 375 g/mol. The van der Waals surface area contributed by atoms with Crippen molar-refractivity contribution in [2.75, 3.05) is 37.6 Å². The maximum absolute atomic E-state index is 13.9. The zero-order valence-electron chi connectivity index (χ0n) is 16.5. The molecule has 1 spiro atoms. The van der Waals surface area contributed by atoms with Gasteiger partial charge in [-0.3, -0.25) is 14.5 Å². The highest BCUT2D eigenvalue weighted by Crippen LogP contribution is 2.35. The average molecular weight is 402 g/mol. The molecule has 0 bridgehead atoms. The fourth-order valence-corrected chi connectivity index (χ4v) is 4.65. The summed E-state index contributed by atoms with van der Waals surface area (Å²) in [6.07, 6.45) is 4.08. The second-order valence-corrected chi connectivity index (χ2v) is 8.10. The molecule has 1 aliphatic carbocycles. The molecule has 3 fully saturated rings. The van der Waals surface area contributed by atoms with Gasteiger partial charge in [-0.05, 0) is 31.4 Å². The van der Waals surface area contributed by atoms with E-state index in [0.29, 0.717) is 57.5 Å². The molecule has 7 nitrogen and oxygen atoms in total. The average Bonchev–Trinajstić information content (AvgIpc) is 3.28. The normalized spacial score (nSPS) is 21.2. The van der Waals surface area contributed by atoms with Crippen LogP contribution in [0.2, 0.25) is 0 Å². The van der Waals surface area contributed by atoms with Crippen LogP contribution >= 0.6 is 0 Å². The van der Waals surface area contributed by atoms with E-state index in [4.69, 9.17) is 0 Å². The molecule has 156 valence electrons. The number of carbonyl (C=O) groups excluding carboxylic acids is 3. The van der Waals surface area contributed by atoms with E-state index in [1.807, 2.05) is 4.90 Å². The summed E-state index contributed by atoms with van der Waals surface area (Å²) in [7, 11) is 0. The van der Waals surface area contributed by atoms with Gasteiger partial charge in [0.1, 0.15) is 11.4 Å². The third kappa shape index (κ3) is 3.80. The number of nitrogens with one attached hydrogen (secondary N) is 1. The Morgan fingerprint density at radius 2 is 1.76 bits per heavy atom. The Morgan fingerprint density at radius 3 is 2.45 bits per heavy atom. The lowest BCUT2D eigenvalue weighted by atomic mass is 9.98. The molecule has 0 atom stereocenters. The summed E-state index contributed by atoms with van der Waals surface area (Å²) in [5.41, 5.74) is -0.122. The van der Waals surface area contributed by atoms with Crippen LogP contribution in [-0.4, -0.2) is 65.9 Å². The number of benzene rings is 1. The van der Waals surface area contributed by atoms with Crippen molar-refractivity contribution in [3.63, 3.8) is 0 Å². The van der Waals surface area contributed by atoms with Gasteiger partial charge >= 0.3 is 6.03 Å². The van der Waals surface area contributed by atoms with Gasteiger partial charge in [-0.1, -0.05) is 25.0 Å². The Hall–Kier alpha value is -2.64. The van der Waals surface area contributed by atoms with Crippen LogP contribution in [-0.2, 0) is 9.59 Å². The first-order valence-electron chi connectivity index (χ1n) is 10.4. The van der Waals surface area contributed by atoms with Crippen LogP contribution in [0.1, 0.15) is 38.5 Å². The van der Waals surface area contributed by atoms with Gasteiger partial charge in [0, 0.05) is 39.1 Å². The molecule has 2 saturated heterocycles. The summed E-state index contributed by atoms with van der Waals surface area (Å²) < 4.78 is 13.9. The number of nitrogens with zero attached hydrogens (tertiary/aromatic N) is 3. The van der Waals surface area contributed by atoms with Crippen molar-refractivity contribution in [2.24, 2.45) is 0 Å². The van der Waals surface area contributed by atoms with Crippen LogP contribution in [0.15, 0.2) is 24.3 Å². The maximum Gasteiger partial charge on any atom is 0.325 e. The summed E-state index contributed by atoms with van der Waals surface area (Å²) in [5.74, 6) is -0.368. The minimum absolute atomic E-state index is 0.0146. The topological polar surface area (TPSA) is 73.0 Å². The number of amides is 4. The summed E-state index contributed by atoms with van der Waals surface area (Å²) in [6, 6.07) is 6.34. The number of imide groups is 1. The third-order valence-electron chi connectivity index (χ3n) is 6.30. The number of anilines is 1. The van der Waals surface area contributed by atoms with Crippen molar-refractivity contribution in [2.45, 2.75) is 44.1 Å². The van der Waals surface area contributed by atoms with E-state index in [9.17, 15) is 18.8 Å². The molecule has 1 N–H and O–H groups in total. The van der Waals surface area contributed by atoms with Gasteiger partial charge in [-0.25, -0.2) is 9.18 Å².